The van der Waals surface area contributed by atoms with Crippen molar-refractivity contribution in [2.45, 2.75) is 51.5 Å². The minimum absolute atomic E-state index is 0.197. The van der Waals surface area contributed by atoms with Crippen molar-refractivity contribution in [2.75, 3.05) is 0 Å². The highest BCUT2D eigenvalue weighted by Crippen LogP contribution is 2.33. The van der Waals surface area contributed by atoms with Crippen LogP contribution in [0.1, 0.15) is 44.6 Å². The minimum Gasteiger partial charge on any atom is -0.361 e. The quantitative estimate of drug-likeness (QED) is 0.798. The van der Waals surface area contributed by atoms with Crippen molar-refractivity contribution in [3.8, 4) is 0 Å². The van der Waals surface area contributed by atoms with Gasteiger partial charge in [0.2, 0.25) is 5.91 Å². The first-order valence-electron chi connectivity index (χ1n) is 8.06. The molecule has 1 aliphatic rings. The lowest BCUT2D eigenvalue weighted by Gasteiger charge is -2.13. The number of amides is 1. The molecule has 112 valence electrons. The molecule has 1 unspecified atom stereocenters. The highest BCUT2D eigenvalue weighted by atomic mass is 16.1. The Labute approximate surface area is 126 Å². The van der Waals surface area contributed by atoms with Crippen LogP contribution in [-0.2, 0) is 11.2 Å². The van der Waals surface area contributed by atoms with Crippen molar-refractivity contribution in [2.24, 2.45) is 5.92 Å². The molecule has 21 heavy (non-hydrogen) atoms. The second-order valence-electron chi connectivity index (χ2n) is 6.36. The van der Waals surface area contributed by atoms with Gasteiger partial charge in [0.15, 0.2) is 0 Å². The van der Waals surface area contributed by atoms with E-state index >= 15 is 0 Å². The van der Waals surface area contributed by atoms with Crippen molar-refractivity contribution in [1.29, 1.82) is 0 Å². The molecule has 1 aliphatic carbocycles. The molecule has 3 rings (SSSR count). The van der Waals surface area contributed by atoms with Gasteiger partial charge >= 0.3 is 0 Å². The zero-order valence-corrected chi connectivity index (χ0v) is 12.7. The first kappa shape index (κ1) is 14.2. The number of nitrogens with one attached hydrogen (secondary N) is 2. The maximum atomic E-state index is 11.9. The SMILES string of the molecule is CC(CC1CC1)NC(=O)CCCc1c[nH]c2ccccc12. The minimum atomic E-state index is 0.197. The lowest BCUT2D eigenvalue weighted by atomic mass is 10.1. The molecule has 0 aliphatic heterocycles. The Morgan fingerprint density at radius 3 is 3.00 bits per heavy atom. The summed E-state index contributed by atoms with van der Waals surface area (Å²) in [5, 5.41) is 4.40. The second-order valence-corrected chi connectivity index (χ2v) is 6.36. The van der Waals surface area contributed by atoms with E-state index in [1.165, 1.54) is 29.3 Å². The van der Waals surface area contributed by atoms with Crippen LogP contribution in [0.3, 0.4) is 0 Å². The molecule has 1 atom stereocenters. The van der Waals surface area contributed by atoms with E-state index in [1.807, 2.05) is 6.07 Å². The van der Waals surface area contributed by atoms with Crippen molar-refractivity contribution in [3.63, 3.8) is 0 Å². The highest BCUT2D eigenvalue weighted by molar-refractivity contribution is 5.83. The first-order valence-corrected chi connectivity index (χ1v) is 8.06. The molecule has 0 spiro atoms. The number of para-hydroxylation sites is 1. The van der Waals surface area contributed by atoms with E-state index in [1.54, 1.807) is 0 Å². The summed E-state index contributed by atoms with van der Waals surface area (Å²) in [5.74, 6) is 1.06. The monoisotopic (exact) mass is 284 g/mol. The zero-order valence-electron chi connectivity index (χ0n) is 12.7. The molecule has 0 saturated heterocycles. The smallest absolute Gasteiger partial charge is 0.220 e. The molecule has 0 bridgehead atoms. The zero-order chi connectivity index (χ0) is 14.7. The number of rotatable bonds is 7. The summed E-state index contributed by atoms with van der Waals surface area (Å²) in [6.45, 7) is 2.12. The largest absolute Gasteiger partial charge is 0.361 e. The van der Waals surface area contributed by atoms with E-state index < -0.39 is 0 Å². The standard InChI is InChI=1S/C18H24N2O/c1-13(11-14-9-10-14)20-18(21)8-4-5-15-12-19-17-7-3-2-6-16(15)17/h2-3,6-7,12-14,19H,4-5,8-11H2,1H3,(H,20,21). The fourth-order valence-corrected chi connectivity index (χ4v) is 3.04. The molecule has 0 radical (unpaired) electrons. The number of carbonyl (C=O) groups excluding carboxylic acids is 1. The number of aromatic amines is 1. The first-order chi connectivity index (χ1) is 10.2. The van der Waals surface area contributed by atoms with E-state index in [4.69, 9.17) is 0 Å². The van der Waals surface area contributed by atoms with E-state index in [0.29, 0.717) is 12.5 Å². The molecular formula is C18H24N2O. The Morgan fingerprint density at radius 2 is 2.19 bits per heavy atom. The summed E-state index contributed by atoms with van der Waals surface area (Å²) >= 11 is 0. The van der Waals surface area contributed by atoms with Crippen LogP contribution < -0.4 is 5.32 Å². The molecule has 3 nitrogen and oxygen atoms in total. The lowest BCUT2D eigenvalue weighted by molar-refractivity contribution is -0.121. The topological polar surface area (TPSA) is 44.9 Å². The number of fused-ring (bicyclic) bond motifs is 1. The fourth-order valence-electron chi connectivity index (χ4n) is 3.04. The van der Waals surface area contributed by atoms with Crippen LogP contribution in [0.15, 0.2) is 30.5 Å². The third kappa shape index (κ3) is 3.87. The molecule has 1 saturated carbocycles. The van der Waals surface area contributed by atoms with Crippen LogP contribution in [-0.4, -0.2) is 16.9 Å². The van der Waals surface area contributed by atoms with Gasteiger partial charge in [-0.05, 0) is 43.7 Å². The third-order valence-electron chi connectivity index (χ3n) is 4.32. The molecule has 1 heterocycles. The maximum Gasteiger partial charge on any atom is 0.220 e. The Kier molecular flexibility index (Phi) is 4.28. The summed E-state index contributed by atoms with van der Waals surface area (Å²) in [7, 11) is 0. The van der Waals surface area contributed by atoms with Crippen LogP contribution in [0, 0.1) is 5.92 Å². The van der Waals surface area contributed by atoms with Gasteiger partial charge in [-0.3, -0.25) is 4.79 Å². The van der Waals surface area contributed by atoms with Crippen LogP contribution in [0.25, 0.3) is 10.9 Å². The summed E-state index contributed by atoms with van der Waals surface area (Å²) in [5.41, 5.74) is 2.49. The summed E-state index contributed by atoms with van der Waals surface area (Å²) in [6.07, 6.45) is 8.39. The van der Waals surface area contributed by atoms with E-state index in [2.05, 4.69) is 41.6 Å². The Hall–Kier alpha value is -1.77. The molecular weight excluding hydrogens is 260 g/mol. The average Bonchev–Trinajstić information content (AvgIpc) is 3.17. The fraction of sp³-hybridized carbons (Fsp3) is 0.500. The van der Waals surface area contributed by atoms with Crippen LogP contribution in [0.2, 0.25) is 0 Å². The van der Waals surface area contributed by atoms with E-state index in [-0.39, 0.29) is 5.91 Å². The van der Waals surface area contributed by atoms with Gasteiger partial charge in [-0.2, -0.15) is 0 Å². The lowest BCUT2D eigenvalue weighted by Crippen LogP contribution is -2.32. The molecule has 2 N–H and O–H groups in total. The van der Waals surface area contributed by atoms with E-state index in [0.717, 1.165) is 25.2 Å². The third-order valence-corrected chi connectivity index (χ3v) is 4.32. The van der Waals surface area contributed by atoms with Gasteiger partial charge < -0.3 is 10.3 Å². The molecule has 1 aromatic heterocycles. The Bertz CT molecular complexity index is 612. The van der Waals surface area contributed by atoms with Crippen LogP contribution in [0.5, 0.6) is 0 Å². The van der Waals surface area contributed by atoms with Gasteiger partial charge in [-0.15, -0.1) is 0 Å². The van der Waals surface area contributed by atoms with Crippen molar-refractivity contribution < 1.29 is 4.79 Å². The van der Waals surface area contributed by atoms with Gasteiger partial charge in [-0.1, -0.05) is 31.0 Å². The summed E-state index contributed by atoms with van der Waals surface area (Å²) in [4.78, 5) is 15.2. The van der Waals surface area contributed by atoms with Crippen molar-refractivity contribution in [1.82, 2.24) is 10.3 Å². The number of hydrogen-bond acceptors (Lipinski definition) is 1. The normalized spacial score (nSPS) is 16.0. The number of hydrogen-bond donors (Lipinski definition) is 2. The van der Waals surface area contributed by atoms with Crippen LogP contribution in [0.4, 0.5) is 0 Å². The predicted octanol–water partition coefficient (Wildman–Crippen LogP) is 3.80. The molecule has 1 fully saturated rings. The summed E-state index contributed by atoms with van der Waals surface area (Å²) < 4.78 is 0. The van der Waals surface area contributed by atoms with Gasteiger partial charge in [0.1, 0.15) is 0 Å². The average molecular weight is 284 g/mol. The number of H-pyrrole nitrogens is 1. The summed E-state index contributed by atoms with van der Waals surface area (Å²) in [6, 6.07) is 8.66. The van der Waals surface area contributed by atoms with Crippen molar-refractivity contribution >= 4 is 16.8 Å². The van der Waals surface area contributed by atoms with Gasteiger partial charge in [0.05, 0.1) is 0 Å². The van der Waals surface area contributed by atoms with Crippen molar-refractivity contribution in [3.05, 3.63) is 36.0 Å². The number of benzene rings is 1. The van der Waals surface area contributed by atoms with Crippen LogP contribution >= 0.6 is 0 Å². The second kappa shape index (κ2) is 6.33. The van der Waals surface area contributed by atoms with Gasteiger partial charge in [-0.25, -0.2) is 0 Å². The predicted molar refractivity (Wildman–Crippen MR) is 86.2 cm³/mol. The maximum absolute atomic E-state index is 11.9. The highest BCUT2D eigenvalue weighted by Gasteiger charge is 2.24. The molecule has 1 amide bonds. The molecule has 3 heteroatoms. The number of carbonyl (C=O) groups is 1. The number of aryl methyl sites for hydroxylation is 1. The van der Waals surface area contributed by atoms with Gasteiger partial charge in [0, 0.05) is 29.6 Å². The molecule has 2 aromatic rings. The van der Waals surface area contributed by atoms with Gasteiger partial charge in [0.25, 0.3) is 0 Å². The Balaban J connectivity index is 1.43. The number of aromatic nitrogens is 1. The Morgan fingerprint density at radius 1 is 1.38 bits per heavy atom. The van der Waals surface area contributed by atoms with E-state index in [9.17, 15) is 4.79 Å². The molecule has 1 aromatic carbocycles.